The number of benzene rings is 3. The predicted octanol–water partition coefficient (Wildman–Crippen LogP) is 12.5. The number of carbonyl (C=O) groups is 2. The third-order valence-electron chi connectivity index (χ3n) is 13.0. The second kappa shape index (κ2) is 24.9. The molecule has 0 radical (unpaired) electrons. The van der Waals surface area contributed by atoms with Crippen LogP contribution in [0.3, 0.4) is 0 Å². The fraction of sp³-hybridized carbons (Fsp3) is 0.423. The highest BCUT2D eigenvalue weighted by Crippen LogP contribution is 2.38. The first-order valence-electron chi connectivity index (χ1n) is 24.0. The lowest BCUT2D eigenvalue weighted by atomic mass is 10.2. The van der Waals surface area contributed by atoms with Crippen LogP contribution in [0, 0.1) is 29.1 Å². The number of amides is 3. The van der Waals surface area contributed by atoms with Crippen molar-refractivity contribution in [3.8, 4) is 17.2 Å². The van der Waals surface area contributed by atoms with E-state index in [1.807, 2.05) is 11.0 Å². The minimum atomic E-state index is -1.95. The molecular weight excluding hydrogens is 968 g/mol. The topological polar surface area (TPSA) is 133 Å². The van der Waals surface area contributed by atoms with E-state index >= 15 is 0 Å². The molecular formula is C52H69F5N8O5Si2. The molecule has 5 aromatic rings. The lowest BCUT2D eigenvalue weighted by Gasteiger charge is -2.36. The summed E-state index contributed by atoms with van der Waals surface area (Å²) in [5.74, 6) is -1.27. The van der Waals surface area contributed by atoms with Crippen molar-refractivity contribution in [3.63, 3.8) is 0 Å². The molecule has 13 nitrogen and oxygen atoms in total. The molecule has 0 aliphatic carbocycles. The number of nitrogens with zero attached hydrogens (tertiary/aromatic N) is 5. The van der Waals surface area contributed by atoms with Gasteiger partial charge in [-0.3, -0.25) is 10.6 Å². The Bertz CT molecular complexity index is 2540. The van der Waals surface area contributed by atoms with Gasteiger partial charge in [0.1, 0.15) is 34.7 Å². The van der Waals surface area contributed by atoms with Crippen molar-refractivity contribution in [2.45, 2.75) is 90.6 Å². The van der Waals surface area contributed by atoms with Gasteiger partial charge in [0.25, 0.3) is 16.6 Å². The number of nitrogens with one attached hydrogen (secondary N) is 3. The van der Waals surface area contributed by atoms with E-state index in [4.69, 9.17) is 13.6 Å². The number of rotatable bonds is 9. The zero-order valence-electron chi connectivity index (χ0n) is 43.0. The first kappa shape index (κ1) is 56.7. The predicted molar refractivity (Wildman–Crippen MR) is 280 cm³/mol. The molecule has 3 N–H and O–H groups in total. The van der Waals surface area contributed by atoms with E-state index in [1.165, 1.54) is 42.5 Å². The lowest BCUT2D eigenvalue weighted by Crippen LogP contribution is -2.43. The summed E-state index contributed by atoms with van der Waals surface area (Å²) in [6.45, 7) is 27.5. The molecule has 0 unspecified atom stereocenters. The van der Waals surface area contributed by atoms with Gasteiger partial charge in [-0.25, -0.2) is 41.5 Å². The van der Waals surface area contributed by atoms with E-state index < -0.39 is 51.8 Å². The van der Waals surface area contributed by atoms with Crippen molar-refractivity contribution in [1.29, 1.82) is 0 Å². The molecule has 390 valence electrons. The molecule has 20 heteroatoms. The molecule has 2 fully saturated rings. The molecule has 0 bridgehead atoms. The summed E-state index contributed by atoms with van der Waals surface area (Å²) in [4.78, 5) is 38.8. The average molecular weight is 1040 g/mol. The van der Waals surface area contributed by atoms with Gasteiger partial charge in [0.05, 0.1) is 12.4 Å². The molecule has 0 atom stereocenters. The van der Waals surface area contributed by atoms with Gasteiger partial charge < -0.3 is 33.6 Å². The van der Waals surface area contributed by atoms with Gasteiger partial charge >= 0.3 is 12.1 Å². The average Bonchev–Trinajstić information content (AvgIpc) is 3.75. The Labute approximate surface area is 422 Å². The maximum Gasteiger partial charge on any atom is 0.418 e. The summed E-state index contributed by atoms with van der Waals surface area (Å²) in [6, 6.07) is 19.9. The smallest absolute Gasteiger partial charge is 0.418 e. The van der Waals surface area contributed by atoms with Crippen LogP contribution in [0.2, 0.25) is 36.3 Å². The molecule has 2 aliphatic rings. The largest absolute Gasteiger partial charge is 0.542 e. The van der Waals surface area contributed by atoms with Crippen LogP contribution in [0.15, 0.2) is 97.3 Å². The van der Waals surface area contributed by atoms with Crippen LogP contribution in [0.25, 0.3) is 0 Å². The van der Waals surface area contributed by atoms with E-state index in [9.17, 15) is 31.5 Å². The maximum absolute atomic E-state index is 13.6. The van der Waals surface area contributed by atoms with Crippen molar-refractivity contribution in [2.75, 3.05) is 72.8 Å². The number of anilines is 4. The quantitative estimate of drug-likeness (QED) is 0.0968. The molecule has 3 amide bonds. The van der Waals surface area contributed by atoms with Gasteiger partial charge in [0, 0.05) is 69.3 Å². The van der Waals surface area contributed by atoms with Gasteiger partial charge in [-0.15, -0.1) is 0 Å². The normalized spacial score (nSPS) is 14.6. The molecule has 2 aliphatic heterocycles. The lowest BCUT2D eigenvalue weighted by molar-refractivity contribution is 0.214. The molecule has 72 heavy (non-hydrogen) atoms. The second-order valence-corrected chi connectivity index (χ2v) is 29.9. The number of carbonyl (C=O) groups excluding carboxylic acids is 2. The zero-order chi connectivity index (χ0) is 52.9. The fourth-order valence-electron chi connectivity index (χ4n) is 6.70. The van der Waals surface area contributed by atoms with E-state index in [-0.39, 0.29) is 21.9 Å². The summed E-state index contributed by atoms with van der Waals surface area (Å²) in [5, 5.41) is 8.78. The highest BCUT2D eigenvalue weighted by molar-refractivity contribution is 6.75. The van der Waals surface area contributed by atoms with E-state index in [0.717, 1.165) is 50.8 Å². The Morgan fingerprint density at radius 3 is 1.53 bits per heavy atom. The standard InChI is InChI=1S/C23H32F2N4O2Si.C18H23FN2O3Si.C11H14F2N2/c1-23(2,3)32(4,5)31-18-8-10-21(26-16-18)27-22(30)29-12-6-11-28(13-14-29)17-7-9-19(24)20(25)15-17;1-18(2,3)25(4,5)24-15-10-11-16(20-12-15)21-17(22)23-14-8-6-13(19)7-9-14;12-10-3-2-9(8-11(10)13)15-6-1-4-14-5-7-15/h7-10,15-16H,6,11-14H2,1-5H3,(H,26,27,30);6-12H,1-5H3,(H,20,21,22);2-3,8,14H,1,4-7H2. The Morgan fingerprint density at radius 1 is 0.556 bits per heavy atom. The Morgan fingerprint density at radius 2 is 1.04 bits per heavy atom. The molecule has 2 saturated heterocycles. The van der Waals surface area contributed by atoms with E-state index in [0.29, 0.717) is 55.0 Å². The van der Waals surface area contributed by atoms with Crippen LogP contribution in [0.5, 0.6) is 17.2 Å². The van der Waals surface area contributed by atoms with Crippen molar-refractivity contribution in [1.82, 2.24) is 20.2 Å². The van der Waals surface area contributed by atoms with Crippen molar-refractivity contribution >= 4 is 51.8 Å². The van der Waals surface area contributed by atoms with Crippen LogP contribution in [-0.4, -0.2) is 96.0 Å². The fourth-order valence-corrected chi connectivity index (χ4v) is 8.73. The molecule has 0 saturated carbocycles. The first-order chi connectivity index (χ1) is 33.8. The highest BCUT2D eigenvalue weighted by atomic mass is 28.4. The molecule has 2 aromatic heterocycles. The summed E-state index contributed by atoms with van der Waals surface area (Å²) in [5.41, 5.74) is 1.38. The maximum atomic E-state index is 13.6. The SMILES string of the molecule is CC(C)(C)[Si](C)(C)Oc1ccc(NC(=O)N2CCCN(c3ccc(F)c(F)c3)CC2)nc1.CC(C)(C)[Si](C)(C)Oc1ccc(NC(=O)Oc2ccc(F)cc2)nc1.Fc1ccc(N2CCCNCC2)cc1F. The number of hydrogen-bond acceptors (Lipinski definition) is 10. The molecule has 4 heterocycles. The summed E-state index contributed by atoms with van der Waals surface area (Å²) < 4.78 is 82.8. The molecule has 3 aromatic carbocycles. The van der Waals surface area contributed by atoms with Gasteiger partial charge in [-0.2, -0.15) is 0 Å². The number of hydrogen-bond donors (Lipinski definition) is 3. The number of pyridine rings is 2. The van der Waals surface area contributed by atoms with Crippen LogP contribution in [-0.2, 0) is 0 Å². The zero-order valence-corrected chi connectivity index (χ0v) is 45.0. The third kappa shape index (κ3) is 16.9. The third-order valence-corrected chi connectivity index (χ3v) is 21.7. The van der Waals surface area contributed by atoms with E-state index in [2.05, 4.69) is 98.5 Å². The van der Waals surface area contributed by atoms with Crippen LogP contribution >= 0.6 is 0 Å². The monoisotopic (exact) mass is 1040 g/mol. The van der Waals surface area contributed by atoms with Crippen molar-refractivity contribution in [3.05, 3.63) is 126 Å². The van der Waals surface area contributed by atoms with E-state index in [1.54, 1.807) is 47.6 Å². The Hall–Kier alpha value is -6.26. The second-order valence-electron chi connectivity index (χ2n) is 20.5. The van der Waals surface area contributed by atoms with Gasteiger partial charge in [0.2, 0.25) is 0 Å². The number of urea groups is 1. The van der Waals surface area contributed by atoms with Crippen molar-refractivity contribution in [2.24, 2.45) is 0 Å². The number of aromatic nitrogens is 2. The Balaban J connectivity index is 0.000000213. The summed E-state index contributed by atoms with van der Waals surface area (Å²) >= 11 is 0. The van der Waals surface area contributed by atoms with Gasteiger partial charge in [-0.1, -0.05) is 41.5 Å². The first-order valence-corrected chi connectivity index (χ1v) is 29.8. The minimum absolute atomic E-state index is 0.0836. The molecule has 7 rings (SSSR count). The van der Waals surface area contributed by atoms with Gasteiger partial charge in [-0.05, 0) is 128 Å². The van der Waals surface area contributed by atoms with Crippen LogP contribution < -0.4 is 39.3 Å². The molecule has 0 spiro atoms. The van der Waals surface area contributed by atoms with Crippen molar-refractivity contribution < 1.29 is 45.1 Å². The Kier molecular flexibility index (Phi) is 19.6. The summed E-state index contributed by atoms with van der Waals surface area (Å²) in [7, 11) is -3.89. The van der Waals surface area contributed by atoms with Crippen LogP contribution in [0.4, 0.5) is 54.6 Å². The van der Waals surface area contributed by atoms with Crippen LogP contribution in [0.1, 0.15) is 54.4 Å². The number of halogens is 5. The summed E-state index contributed by atoms with van der Waals surface area (Å²) in [6.07, 6.45) is 4.27. The van der Waals surface area contributed by atoms with Gasteiger partial charge in [0.15, 0.2) is 23.3 Å². The minimum Gasteiger partial charge on any atom is -0.542 e. The highest BCUT2D eigenvalue weighted by Gasteiger charge is 2.40. The number of ether oxygens (including phenoxy) is 1.